The molecule has 0 spiro atoms. The third-order valence-electron chi connectivity index (χ3n) is 3.94. The monoisotopic (exact) mass is 369 g/mol. The zero-order chi connectivity index (χ0) is 17.1. The lowest BCUT2D eigenvalue weighted by Gasteiger charge is -2.22. The van der Waals surface area contributed by atoms with Crippen molar-refractivity contribution < 1.29 is 18.8 Å². The number of aryl methyl sites for hydroxylation is 1. The summed E-state index contributed by atoms with van der Waals surface area (Å²) in [6.45, 7) is 2.56. The Bertz CT molecular complexity index is 718. The van der Waals surface area contributed by atoms with Gasteiger partial charge in [-0.05, 0) is 38.3 Å². The minimum Gasteiger partial charge on any atom is -0.459 e. The van der Waals surface area contributed by atoms with E-state index in [-0.39, 0.29) is 24.0 Å². The van der Waals surface area contributed by atoms with Crippen molar-refractivity contribution in [2.75, 3.05) is 13.2 Å². The second kappa shape index (κ2) is 7.55. The van der Waals surface area contributed by atoms with E-state index in [1.165, 1.54) is 0 Å². The first-order valence-corrected chi connectivity index (χ1v) is 8.53. The molecular formula is C17H17Cl2NO4. The summed E-state index contributed by atoms with van der Waals surface area (Å²) in [5.41, 5.74) is 0.983. The summed E-state index contributed by atoms with van der Waals surface area (Å²) in [4.78, 5) is 12.5. The molecule has 1 fully saturated rings. The van der Waals surface area contributed by atoms with Gasteiger partial charge in [-0.3, -0.25) is 0 Å². The molecule has 24 heavy (non-hydrogen) atoms. The molecule has 2 aromatic rings. The van der Waals surface area contributed by atoms with Gasteiger partial charge < -0.3 is 14.0 Å². The molecular weight excluding hydrogens is 353 g/mol. The standard InChI is InChI=1S/C17H17Cl2NO4/c1-10-14(17(21)23-9-11-5-2-3-8-22-11)16(20-24-10)15-12(18)6-4-7-13(15)19/h4,6-7,11H,2-3,5,8-9H2,1H3. The van der Waals surface area contributed by atoms with Crippen molar-refractivity contribution in [3.05, 3.63) is 39.6 Å². The van der Waals surface area contributed by atoms with Crippen LogP contribution in [0.1, 0.15) is 35.4 Å². The van der Waals surface area contributed by atoms with Crippen LogP contribution in [0.2, 0.25) is 10.0 Å². The van der Waals surface area contributed by atoms with Crippen molar-refractivity contribution in [2.24, 2.45) is 0 Å². The largest absolute Gasteiger partial charge is 0.459 e. The summed E-state index contributed by atoms with van der Waals surface area (Å²) < 4.78 is 16.1. The van der Waals surface area contributed by atoms with Crippen LogP contribution in [0.3, 0.4) is 0 Å². The highest BCUT2D eigenvalue weighted by Gasteiger charge is 2.27. The maximum atomic E-state index is 12.5. The molecule has 3 rings (SSSR count). The van der Waals surface area contributed by atoms with Crippen molar-refractivity contribution in [1.29, 1.82) is 0 Å². The summed E-state index contributed by atoms with van der Waals surface area (Å²) >= 11 is 12.4. The summed E-state index contributed by atoms with van der Waals surface area (Å²) in [6.07, 6.45) is 2.95. The number of carbonyl (C=O) groups is 1. The first kappa shape index (κ1) is 17.3. The van der Waals surface area contributed by atoms with E-state index in [1.807, 2.05) is 0 Å². The number of halogens is 2. The highest BCUT2D eigenvalue weighted by atomic mass is 35.5. The van der Waals surface area contributed by atoms with E-state index in [9.17, 15) is 4.79 Å². The Labute approximate surface area is 149 Å². The minimum atomic E-state index is -0.520. The fraction of sp³-hybridized carbons (Fsp3) is 0.412. The number of rotatable bonds is 4. The molecule has 1 unspecified atom stereocenters. The Balaban J connectivity index is 1.83. The molecule has 2 heterocycles. The molecule has 0 amide bonds. The molecule has 0 saturated carbocycles. The zero-order valence-corrected chi connectivity index (χ0v) is 14.7. The molecule has 1 aromatic carbocycles. The smallest absolute Gasteiger partial charge is 0.344 e. The van der Waals surface area contributed by atoms with Gasteiger partial charge in [0.25, 0.3) is 0 Å². The van der Waals surface area contributed by atoms with Gasteiger partial charge in [0.05, 0.1) is 16.1 Å². The number of carbonyl (C=O) groups excluding carboxylic acids is 1. The molecule has 1 aromatic heterocycles. The molecule has 0 radical (unpaired) electrons. The molecule has 0 N–H and O–H groups in total. The maximum Gasteiger partial charge on any atom is 0.344 e. The van der Waals surface area contributed by atoms with Crippen molar-refractivity contribution >= 4 is 29.2 Å². The van der Waals surface area contributed by atoms with Crippen LogP contribution in [0.15, 0.2) is 22.7 Å². The normalized spacial score (nSPS) is 17.7. The lowest BCUT2D eigenvalue weighted by molar-refractivity contribution is -0.0300. The van der Waals surface area contributed by atoms with Crippen LogP contribution in [0.4, 0.5) is 0 Å². The van der Waals surface area contributed by atoms with Gasteiger partial charge in [-0.2, -0.15) is 0 Å². The van der Waals surface area contributed by atoms with E-state index < -0.39 is 5.97 Å². The van der Waals surface area contributed by atoms with Crippen LogP contribution in [0.25, 0.3) is 11.3 Å². The van der Waals surface area contributed by atoms with Crippen LogP contribution in [-0.4, -0.2) is 30.4 Å². The second-order valence-corrected chi connectivity index (χ2v) is 6.46. The van der Waals surface area contributed by atoms with Crippen molar-refractivity contribution in [1.82, 2.24) is 5.16 Å². The number of benzene rings is 1. The summed E-state index contributed by atoms with van der Waals surface area (Å²) in [5.74, 6) is -0.163. The average Bonchev–Trinajstić information content (AvgIpc) is 2.95. The molecule has 1 aliphatic rings. The number of hydrogen-bond donors (Lipinski definition) is 0. The van der Waals surface area contributed by atoms with Gasteiger partial charge in [0.15, 0.2) is 0 Å². The van der Waals surface area contributed by atoms with E-state index in [2.05, 4.69) is 5.16 Å². The van der Waals surface area contributed by atoms with Gasteiger partial charge in [-0.1, -0.05) is 34.4 Å². The number of nitrogens with zero attached hydrogens (tertiary/aromatic N) is 1. The Morgan fingerprint density at radius 2 is 2.08 bits per heavy atom. The molecule has 7 heteroatoms. The molecule has 1 saturated heterocycles. The summed E-state index contributed by atoms with van der Waals surface area (Å²) in [5, 5.41) is 4.73. The van der Waals surface area contributed by atoms with E-state index in [4.69, 9.17) is 37.2 Å². The van der Waals surface area contributed by atoms with Crippen molar-refractivity contribution in [3.63, 3.8) is 0 Å². The molecule has 0 aliphatic carbocycles. The van der Waals surface area contributed by atoms with Gasteiger partial charge in [-0.15, -0.1) is 0 Å². The number of aromatic nitrogens is 1. The number of hydrogen-bond acceptors (Lipinski definition) is 5. The molecule has 128 valence electrons. The Kier molecular flexibility index (Phi) is 5.43. The third-order valence-corrected chi connectivity index (χ3v) is 4.57. The fourth-order valence-electron chi connectivity index (χ4n) is 2.69. The molecule has 1 atom stereocenters. The lowest BCUT2D eigenvalue weighted by atomic mass is 10.1. The highest BCUT2D eigenvalue weighted by molar-refractivity contribution is 6.39. The van der Waals surface area contributed by atoms with Crippen molar-refractivity contribution in [2.45, 2.75) is 32.3 Å². The van der Waals surface area contributed by atoms with E-state index in [0.29, 0.717) is 28.0 Å². The zero-order valence-electron chi connectivity index (χ0n) is 13.2. The minimum absolute atomic E-state index is 0.0600. The number of esters is 1. The van der Waals surface area contributed by atoms with E-state index in [0.717, 1.165) is 19.3 Å². The van der Waals surface area contributed by atoms with Crippen LogP contribution in [-0.2, 0) is 9.47 Å². The molecule has 5 nitrogen and oxygen atoms in total. The highest BCUT2D eigenvalue weighted by Crippen LogP contribution is 2.37. The second-order valence-electron chi connectivity index (χ2n) is 5.65. The first-order valence-electron chi connectivity index (χ1n) is 7.77. The van der Waals surface area contributed by atoms with E-state index >= 15 is 0 Å². The average molecular weight is 370 g/mol. The van der Waals surface area contributed by atoms with Crippen LogP contribution < -0.4 is 0 Å². The van der Waals surface area contributed by atoms with Crippen LogP contribution in [0.5, 0.6) is 0 Å². The third kappa shape index (κ3) is 3.58. The quantitative estimate of drug-likeness (QED) is 0.731. The van der Waals surface area contributed by atoms with E-state index in [1.54, 1.807) is 25.1 Å². The van der Waals surface area contributed by atoms with Crippen molar-refractivity contribution in [3.8, 4) is 11.3 Å². The Hall–Kier alpha value is -1.56. The summed E-state index contributed by atoms with van der Waals surface area (Å²) in [6, 6.07) is 5.08. The number of ether oxygens (including phenoxy) is 2. The van der Waals surface area contributed by atoms with Gasteiger partial charge >= 0.3 is 5.97 Å². The molecule has 0 bridgehead atoms. The topological polar surface area (TPSA) is 61.6 Å². The first-order chi connectivity index (χ1) is 11.6. The van der Waals surface area contributed by atoms with Crippen LogP contribution >= 0.6 is 23.2 Å². The Morgan fingerprint density at radius 1 is 1.33 bits per heavy atom. The van der Waals surface area contributed by atoms with Gasteiger partial charge in [0, 0.05) is 12.2 Å². The van der Waals surface area contributed by atoms with Gasteiger partial charge in [0.1, 0.15) is 23.6 Å². The maximum absolute atomic E-state index is 12.5. The fourth-order valence-corrected chi connectivity index (χ4v) is 3.26. The summed E-state index contributed by atoms with van der Waals surface area (Å²) in [7, 11) is 0. The predicted molar refractivity (Wildman–Crippen MR) is 90.6 cm³/mol. The van der Waals surface area contributed by atoms with Gasteiger partial charge in [-0.25, -0.2) is 4.79 Å². The lowest BCUT2D eigenvalue weighted by Crippen LogP contribution is -2.26. The van der Waals surface area contributed by atoms with Gasteiger partial charge in [0.2, 0.25) is 0 Å². The SMILES string of the molecule is Cc1onc(-c2c(Cl)cccc2Cl)c1C(=O)OCC1CCCCO1. The molecule has 1 aliphatic heterocycles. The Morgan fingerprint density at radius 3 is 2.75 bits per heavy atom. The predicted octanol–water partition coefficient (Wildman–Crippen LogP) is 4.68. The van der Waals surface area contributed by atoms with Crippen LogP contribution in [0, 0.1) is 6.92 Å².